The van der Waals surface area contributed by atoms with Crippen LogP contribution in [-0.4, -0.2) is 24.9 Å². The van der Waals surface area contributed by atoms with Gasteiger partial charge in [0.05, 0.1) is 16.8 Å². The second kappa shape index (κ2) is 9.24. The van der Waals surface area contributed by atoms with Crippen molar-refractivity contribution in [3.05, 3.63) is 96.6 Å². The van der Waals surface area contributed by atoms with Gasteiger partial charge in [-0.1, -0.05) is 60.7 Å². The van der Waals surface area contributed by atoms with Crippen LogP contribution < -0.4 is 9.62 Å². The van der Waals surface area contributed by atoms with Crippen molar-refractivity contribution in [2.24, 2.45) is 0 Å². The van der Waals surface area contributed by atoms with E-state index < -0.39 is 10.0 Å². The van der Waals surface area contributed by atoms with Crippen LogP contribution in [0, 0.1) is 0 Å². The maximum atomic E-state index is 13.7. The third-order valence-corrected chi connectivity index (χ3v) is 8.34. The van der Waals surface area contributed by atoms with E-state index in [2.05, 4.69) is 20.7 Å². The first-order valence-corrected chi connectivity index (χ1v) is 13.1. The van der Waals surface area contributed by atoms with Gasteiger partial charge >= 0.3 is 0 Å². The summed E-state index contributed by atoms with van der Waals surface area (Å²) in [4.78, 5) is 9.92. The summed E-state index contributed by atoms with van der Waals surface area (Å²) in [5.41, 5.74) is 3.13. The maximum absolute atomic E-state index is 13.7. The molecule has 8 heteroatoms. The number of para-hydroxylation sites is 2. The minimum Gasteiger partial charge on any atom is -0.338 e. The van der Waals surface area contributed by atoms with Gasteiger partial charge in [0.15, 0.2) is 0 Å². The van der Waals surface area contributed by atoms with E-state index in [9.17, 15) is 8.42 Å². The van der Waals surface area contributed by atoms with Gasteiger partial charge in [0.25, 0.3) is 10.0 Å². The van der Waals surface area contributed by atoms with Gasteiger partial charge in [-0.25, -0.2) is 18.4 Å². The quantitative estimate of drug-likeness (QED) is 0.291. The third-order valence-electron chi connectivity index (χ3n) is 5.49. The maximum Gasteiger partial charge on any atom is 0.266 e. The molecule has 0 fully saturated rings. The first-order chi connectivity index (χ1) is 16.6. The number of sulfonamides is 1. The summed E-state index contributed by atoms with van der Waals surface area (Å²) in [5, 5.41) is 6.21. The molecule has 1 N–H and O–H groups in total. The molecule has 0 aliphatic rings. The average molecular weight is 487 g/mol. The fourth-order valence-corrected chi connectivity index (χ4v) is 6.47. The number of hydrogen-bond donors (Lipinski definition) is 1. The number of rotatable bonds is 7. The van der Waals surface area contributed by atoms with Gasteiger partial charge in [0, 0.05) is 17.5 Å². The lowest BCUT2D eigenvalue weighted by Gasteiger charge is -2.24. The largest absolute Gasteiger partial charge is 0.338 e. The van der Waals surface area contributed by atoms with Gasteiger partial charge in [0.1, 0.15) is 21.9 Å². The van der Waals surface area contributed by atoms with E-state index in [4.69, 9.17) is 0 Å². The van der Waals surface area contributed by atoms with Gasteiger partial charge in [-0.3, -0.25) is 4.31 Å². The molecule has 2 heterocycles. The van der Waals surface area contributed by atoms with Crippen LogP contribution in [0.5, 0.6) is 0 Å². The summed E-state index contributed by atoms with van der Waals surface area (Å²) in [7, 11) is -3.83. The van der Waals surface area contributed by atoms with Crippen molar-refractivity contribution < 1.29 is 8.42 Å². The highest BCUT2D eigenvalue weighted by Crippen LogP contribution is 2.38. The highest BCUT2D eigenvalue weighted by molar-refractivity contribution is 7.93. The Labute approximate surface area is 202 Å². The molecule has 0 bridgehead atoms. The first-order valence-electron chi connectivity index (χ1n) is 10.8. The molecule has 170 valence electrons. The minimum absolute atomic E-state index is 0.184. The number of aromatic nitrogens is 2. The average Bonchev–Trinajstić information content (AvgIpc) is 3.31. The van der Waals surface area contributed by atoms with E-state index >= 15 is 0 Å². The van der Waals surface area contributed by atoms with Crippen molar-refractivity contribution in [3.8, 4) is 11.1 Å². The zero-order valence-electron chi connectivity index (χ0n) is 18.4. The molecule has 0 saturated carbocycles. The first kappa shape index (κ1) is 22.1. The Morgan fingerprint density at radius 1 is 0.882 bits per heavy atom. The molecule has 0 amide bonds. The third kappa shape index (κ3) is 4.02. The number of fused-ring (bicyclic) bond motifs is 1. The lowest BCUT2D eigenvalue weighted by Crippen LogP contribution is -2.31. The number of anilines is 3. The van der Waals surface area contributed by atoms with Crippen LogP contribution in [0.1, 0.15) is 6.92 Å². The molecule has 0 unspecified atom stereocenters. The van der Waals surface area contributed by atoms with Crippen molar-refractivity contribution in [1.82, 2.24) is 9.97 Å². The molecule has 6 nitrogen and oxygen atoms in total. The van der Waals surface area contributed by atoms with Crippen LogP contribution in [0.4, 0.5) is 17.2 Å². The molecule has 0 radical (unpaired) electrons. The Morgan fingerprint density at radius 2 is 1.56 bits per heavy atom. The lowest BCUT2D eigenvalue weighted by atomic mass is 10.1. The fraction of sp³-hybridized carbons (Fsp3) is 0.0769. The predicted molar refractivity (Wildman–Crippen MR) is 139 cm³/mol. The Balaban J connectivity index is 1.60. The monoisotopic (exact) mass is 486 g/mol. The van der Waals surface area contributed by atoms with Crippen LogP contribution >= 0.6 is 11.3 Å². The summed E-state index contributed by atoms with van der Waals surface area (Å²) < 4.78 is 28.9. The van der Waals surface area contributed by atoms with Crippen LogP contribution in [-0.2, 0) is 10.0 Å². The smallest absolute Gasteiger partial charge is 0.266 e. The van der Waals surface area contributed by atoms with Gasteiger partial charge in [-0.15, -0.1) is 11.3 Å². The molecule has 2 aromatic heterocycles. The van der Waals surface area contributed by atoms with Crippen LogP contribution in [0.15, 0.2) is 102 Å². The standard InChI is InChI=1S/C26H22N4O2S2/c1-2-30(20-13-7-4-8-14-20)34(31,32)23-16-10-9-15-22(23)29-25-24-21(19-11-5-3-6-12-19)17-33-26(24)28-18-27-25/h3-18H,2H2,1H3,(H,27,28,29). The van der Waals surface area contributed by atoms with E-state index in [1.165, 1.54) is 22.0 Å². The molecule has 0 spiro atoms. The topological polar surface area (TPSA) is 75.2 Å². The van der Waals surface area contributed by atoms with Crippen molar-refractivity contribution in [2.75, 3.05) is 16.2 Å². The summed E-state index contributed by atoms with van der Waals surface area (Å²) in [6.07, 6.45) is 1.50. The molecule has 0 aliphatic heterocycles. The molecule has 0 saturated heterocycles. The van der Waals surface area contributed by atoms with Gasteiger partial charge in [-0.2, -0.15) is 0 Å². The number of nitrogens with zero attached hydrogens (tertiary/aromatic N) is 3. The number of hydrogen-bond acceptors (Lipinski definition) is 6. The zero-order valence-corrected chi connectivity index (χ0v) is 20.1. The molecular weight excluding hydrogens is 464 g/mol. The Hall–Kier alpha value is -3.75. The van der Waals surface area contributed by atoms with E-state index in [-0.39, 0.29) is 4.90 Å². The summed E-state index contributed by atoms with van der Waals surface area (Å²) in [6, 6.07) is 26.1. The van der Waals surface area contributed by atoms with Gasteiger partial charge < -0.3 is 5.32 Å². The Morgan fingerprint density at radius 3 is 2.29 bits per heavy atom. The highest BCUT2D eigenvalue weighted by Gasteiger charge is 2.27. The molecular formula is C26H22N4O2S2. The second-order valence-electron chi connectivity index (χ2n) is 7.54. The van der Waals surface area contributed by atoms with Crippen molar-refractivity contribution >= 4 is 48.8 Å². The zero-order chi connectivity index (χ0) is 23.5. The SMILES string of the molecule is CCN(c1ccccc1)S(=O)(=O)c1ccccc1Nc1ncnc2scc(-c3ccccc3)c12. The van der Waals surface area contributed by atoms with E-state index in [1.54, 1.807) is 30.3 Å². The van der Waals surface area contributed by atoms with Crippen molar-refractivity contribution in [2.45, 2.75) is 11.8 Å². The normalized spacial score (nSPS) is 11.4. The number of thiophene rings is 1. The van der Waals surface area contributed by atoms with Crippen molar-refractivity contribution in [1.29, 1.82) is 0 Å². The summed E-state index contributed by atoms with van der Waals surface area (Å²) >= 11 is 1.53. The van der Waals surface area contributed by atoms with Crippen LogP contribution in [0.25, 0.3) is 21.3 Å². The van der Waals surface area contributed by atoms with Crippen molar-refractivity contribution in [3.63, 3.8) is 0 Å². The molecule has 3 aromatic carbocycles. The van der Waals surface area contributed by atoms with E-state index in [0.29, 0.717) is 23.7 Å². The summed E-state index contributed by atoms with van der Waals surface area (Å²) in [6.45, 7) is 2.13. The Kier molecular flexibility index (Phi) is 6.00. The van der Waals surface area contributed by atoms with Crippen LogP contribution in [0.2, 0.25) is 0 Å². The van der Waals surface area contributed by atoms with Crippen LogP contribution in [0.3, 0.4) is 0 Å². The summed E-state index contributed by atoms with van der Waals surface area (Å²) in [5.74, 6) is 0.565. The molecule has 5 aromatic rings. The number of benzene rings is 3. The highest BCUT2D eigenvalue weighted by atomic mass is 32.2. The Bertz CT molecular complexity index is 1540. The van der Waals surface area contributed by atoms with Gasteiger partial charge in [-0.05, 0) is 36.8 Å². The predicted octanol–water partition coefficient (Wildman–Crippen LogP) is 6.32. The minimum atomic E-state index is -3.83. The molecule has 34 heavy (non-hydrogen) atoms. The second-order valence-corrected chi connectivity index (χ2v) is 10.2. The van der Waals surface area contributed by atoms with Gasteiger partial charge in [0.2, 0.25) is 0 Å². The molecule has 0 atom stereocenters. The molecule has 0 aliphatic carbocycles. The lowest BCUT2D eigenvalue weighted by molar-refractivity contribution is 0.592. The molecule has 5 rings (SSSR count). The fourth-order valence-electron chi connectivity index (χ4n) is 3.93. The van der Waals surface area contributed by atoms with E-state index in [1.807, 2.05) is 61.5 Å². The van der Waals surface area contributed by atoms with E-state index in [0.717, 1.165) is 21.3 Å². The number of nitrogens with one attached hydrogen (secondary N) is 1.